The van der Waals surface area contributed by atoms with Gasteiger partial charge in [-0.25, -0.2) is 8.42 Å². The highest BCUT2D eigenvalue weighted by molar-refractivity contribution is 7.92. The fourth-order valence-corrected chi connectivity index (χ4v) is 5.76. The van der Waals surface area contributed by atoms with Crippen molar-refractivity contribution in [3.63, 3.8) is 0 Å². The molecule has 0 spiro atoms. The summed E-state index contributed by atoms with van der Waals surface area (Å²) in [5.41, 5.74) is 1.04. The third-order valence-electron chi connectivity index (χ3n) is 6.21. The van der Waals surface area contributed by atoms with Crippen molar-refractivity contribution in [2.45, 2.75) is 50.6 Å². The predicted molar refractivity (Wildman–Crippen MR) is 156 cm³/mol. The van der Waals surface area contributed by atoms with Crippen molar-refractivity contribution >= 4 is 50.7 Å². The summed E-state index contributed by atoms with van der Waals surface area (Å²) in [6.45, 7) is 3.94. The molecule has 0 unspecified atom stereocenters. The summed E-state index contributed by atoms with van der Waals surface area (Å²) in [6, 6.07) is 20.3. The average Bonchev–Trinajstić information content (AvgIpc) is 2.93. The Labute approximate surface area is 240 Å². The zero-order chi connectivity index (χ0) is 28.4. The first kappa shape index (κ1) is 30.5. The lowest BCUT2D eigenvalue weighted by Gasteiger charge is -2.33. The molecule has 7 nitrogen and oxygen atoms in total. The summed E-state index contributed by atoms with van der Waals surface area (Å²) < 4.78 is 28.5. The van der Waals surface area contributed by atoms with Gasteiger partial charge in [0, 0.05) is 23.1 Å². The van der Waals surface area contributed by atoms with Crippen LogP contribution in [0.3, 0.4) is 0 Å². The Bertz CT molecular complexity index is 1340. The lowest BCUT2D eigenvalue weighted by Crippen LogP contribution is -2.52. The molecule has 3 rings (SSSR count). The molecule has 2 amide bonds. The summed E-state index contributed by atoms with van der Waals surface area (Å²) in [4.78, 5) is 28.6. The van der Waals surface area contributed by atoms with Crippen molar-refractivity contribution < 1.29 is 18.0 Å². The minimum atomic E-state index is -4.12. The second kappa shape index (κ2) is 14.4. The van der Waals surface area contributed by atoms with Gasteiger partial charge in [0.05, 0.1) is 10.6 Å². The highest BCUT2D eigenvalue weighted by atomic mass is 35.5. The minimum Gasteiger partial charge on any atom is -0.354 e. The number of hydrogen-bond acceptors (Lipinski definition) is 4. The zero-order valence-electron chi connectivity index (χ0n) is 22.0. The molecule has 0 aliphatic rings. The van der Waals surface area contributed by atoms with E-state index in [1.807, 2.05) is 13.8 Å². The van der Waals surface area contributed by atoms with Crippen LogP contribution in [-0.4, -0.2) is 44.3 Å². The molecule has 39 heavy (non-hydrogen) atoms. The maximum atomic E-state index is 14.0. The molecule has 3 aromatic carbocycles. The van der Waals surface area contributed by atoms with Crippen LogP contribution in [0.15, 0.2) is 83.8 Å². The summed E-state index contributed by atoms with van der Waals surface area (Å²) in [7, 11) is -4.12. The Morgan fingerprint density at radius 2 is 1.46 bits per heavy atom. The summed E-state index contributed by atoms with van der Waals surface area (Å²) in [6.07, 6.45) is 2.08. The molecule has 1 atom stereocenters. The fourth-order valence-electron chi connectivity index (χ4n) is 4.07. The standard InChI is InChI=1S/C29H33Cl2N3O4S/c1-3-5-19-32-29(36)27(4-2)33(20-22-11-13-23(30)14-12-22)28(35)21-34(25-17-15-24(31)16-18-25)39(37,38)26-9-7-6-8-10-26/h6-18,27H,3-5,19-21H2,1-2H3,(H,32,36)/t27-/m0/s1. The van der Waals surface area contributed by atoms with Crippen LogP contribution in [0.5, 0.6) is 0 Å². The van der Waals surface area contributed by atoms with Crippen LogP contribution in [0.1, 0.15) is 38.7 Å². The molecule has 208 valence electrons. The first-order chi connectivity index (χ1) is 18.7. The number of amides is 2. The Kier molecular flexibility index (Phi) is 11.2. The molecule has 0 aliphatic carbocycles. The van der Waals surface area contributed by atoms with E-state index in [1.54, 1.807) is 66.7 Å². The van der Waals surface area contributed by atoms with E-state index in [1.165, 1.54) is 17.0 Å². The van der Waals surface area contributed by atoms with Crippen LogP contribution in [0.4, 0.5) is 5.69 Å². The van der Waals surface area contributed by atoms with Gasteiger partial charge in [-0.15, -0.1) is 0 Å². The van der Waals surface area contributed by atoms with E-state index in [0.29, 0.717) is 23.0 Å². The molecule has 10 heteroatoms. The number of hydrogen-bond donors (Lipinski definition) is 1. The van der Waals surface area contributed by atoms with Crippen molar-refractivity contribution in [1.29, 1.82) is 0 Å². The van der Waals surface area contributed by atoms with Crippen LogP contribution in [-0.2, 0) is 26.2 Å². The monoisotopic (exact) mass is 589 g/mol. The van der Waals surface area contributed by atoms with Crippen molar-refractivity contribution in [3.8, 4) is 0 Å². The van der Waals surface area contributed by atoms with E-state index in [0.717, 1.165) is 22.7 Å². The molecular weight excluding hydrogens is 557 g/mol. The normalized spacial score (nSPS) is 12.0. The van der Waals surface area contributed by atoms with E-state index >= 15 is 0 Å². The minimum absolute atomic E-state index is 0.0429. The van der Waals surface area contributed by atoms with Gasteiger partial charge in [0.25, 0.3) is 10.0 Å². The lowest BCUT2D eigenvalue weighted by atomic mass is 10.1. The molecule has 0 radical (unpaired) electrons. The highest BCUT2D eigenvalue weighted by Crippen LogP contribution is 2.26. The summed E-state index contributed by atoms with van der Waals surface area (Å²) >= 11 is 12.1. The Morgan fingerprint density at radius 3 is 2.03 bits per heavy atom. The summed E-state index contributed by atoms with van der Waals surface area (Å²) in [5.74, 6) is -0.797. The van der Waals surface area contributed by atoms with Crippen LogP contribution in [0.2, 0.25) is 10.0 Å². The molecule has 0 heterocycles. The number of carbonyl (C=O) groups excluding carboxylic acids is 2. The van der Waals surface area contributed by atoms with Gasteiger partial charge in [-0.05, 0) is 66.9 Å². The quantitative estimate of drug-likeness (QED) is 0.251. The summed E-state index contributed by atoms with van der Waals surface area (Å²) in [5, 5.41) is 3.89. The number of halogens is 2. The highest BCUT2D eigenvalue weighted by Gasteiger charge is 2.33. The molecule has 0 saturated carbocycles. The molecule has 0 bridgehead atoms. The van der Waals surface area contributed by atoms with Gasteiger partial charge >= 0.3 is 0 Å². The maximum absolute atomic E-state index is 14.0. The third kappa shape index (κ3) is 8.21. The van der Waals surface area contributed by atoms with E-state index in [9.17, 15) is 18.0 Å². The maximum Gasteiger partial charge on any atom is 0.264 e. The first-order valence-electron chi connectivity index (χ1n) is 12.8. The van der Waals surface area contributed by atoms with Crippen LogP contribution >= 0.6 is 23.2 Å². The van der Waals surface area contributed by atoms with Crippen molar-refractivity contribution in [2.24, 2.45) is 0 Å². The number of nitrogens with one attached hydrogen (secondary N) is 1. The average molecular weight is 591 g/mol. The number of anilines is 1. The van der Waals surface area contributed by atoms with Crippen LogP contribution in [0, 0.1) is 0 Å². The molecular formula is C29H33Cl2N3O4S. The van der Waals surface area contributed by atoms with Crippen molar-refractivity contribution in [2.75, 3.05) is 17.4 Å². The Morgan fingerprint density at radius 1 is 0.872 bits per heavy atom. The van der Waals surface area contributed by atoms with E-state index < -0.39 is 28.5 Å². The number of carbonyl (C=O) groups is 2. The van der Waals surface area contributed by atoms with E-state index in [4.69, 9.17) is 23.2 Å². The number of benzene rings is 3. The number of unbranched alkanes of at least 4 members (excludes halogenated alkanes) is 1. The topological polar surface area (TPSA) is 86.8 Å². The molecule has 0 aromatic heterocycles. The smallest absolute Gasteiger partial charge is 0.264 e. The SMILES string of the molecule is CCCCNC(=O)[C@H](CC)N(Cc1ccc(Cl)cc1)C(=O)CN(c1ccc(Cl)cc1)S(=O)(=O)c1ccccc1. The van der Waals surface area contributed by atoms with Gasteiger partial charge in [0.15, 0.2) is 0 Å². The van der Waals surface area contributed by atoms with E-state index in [2.05, 4.69) is 5.32 Å². The van der Waals surface area contributed by atoms with Crippen molar-refractivity contribution in [3.05, 3.63) is 94.5 Å². The number of sulfonamides is 1. The molecule has 0 fully saturated rings. The van der Waals surface area contributed by atoms with Crippen LogP contribution < -0.4 is 9.62 Å². The van der Waals surface area contributed by atoms with E-state index in [-0.39, 0.29) is 23.0 Å². The van der Waals surface area contributed by atoms with Crippen molar-refractivity contribution in [1.82, 2.24) is 10.2 Å². The predicted octanol–water partition coefficient (Wildman–Crippen LogP) is 5.91. The lowest BCUT2D eigenvalue weighted by molar-refractivity contribution is -0.140. The van der Waals surface area contributed by atoms with Gasteiger partial charge in [-0.3, -0.25) is 13.9 Å². The third-order valence-corrected chi connectivity index (χ3v) is 8.50. The Hall–Kier alpha value is -3.07. The van der Waals surface area contributed by atoms with Gasteiger partial charge in [-0.1, -0.05) is 73.8 Å². The van der Waals surface area contributed by atoms with Gasteiger partial charge in [0.1, 0.15) is 12.6 Å². The molecule has 1 N–H and O–H groups in total. The molecule has 0 saturated heterocycles. The molecule has 0 aliphatic heterocycles. The van der Waals surface area contributed by atoms with Gasteiger partial charge in [-0.2, -0.15) is 0 Å². The second-order valence-electron chi connectivity index (χ2n) is 9.02. The van der Waals surface area contributed by atoms with Gasteiger partial charge < -0.3 is 10.2 Å². The number of nitrogens with zero attached hydrogens (tertiary/aromatic N) is 2. The fraction of sp³-hybridized carbons (Fsp3) is 0.310. The first-order valence-corrected chi connectivity index (χ1v) is 15.0. The largest absolute Gasteiger partial charge is 0.354 e. The van der Waals surface area contributed by atoms with Crippen LogP contribution in [0.25, 0.3) is 0 Å². The Balaban J connectivity index is 2.01. The number of rotatable bonds is 13. The zero-order valence-corrected chi connectivity index (χ0v) is 24.3. The van der Waals surface area contributed by atoms with Gasteiger partial charge in [0.2, 0.25) is 11.8 Å². The second-order valence-corrected chi connectivity index (χ2v) is 11.8. The molecule has 3 aromatic rings.